The zero-order valence-corrected chi connectivity index (χ0v) is 12.6. The summed E-state index contributed by atoms with van der Waals surface area (Å²) < 4.78 is 5.00. The molecule has 0 spiro atoms. The third-order valence-corrected chi connectivity index (χ3v) is 3.30. The maximum Gasteiger partial charge on any atom is 0.0587 e. The lowest BCUT2D eigenvalue weighted by Crippen LogP contribution is -2.25. The van der Waals surface area contributed by atoms with Gasteiger partial charge in [-0.2, -0.15) is 0 Å². The van der Waals surface area contributed by atoms with E-state index in [4.69, 9.17) is 4.74 Å². The van der Waals surface area contributed by atoms with Crippen molar-refractivity contribution in [2.75, 3.05) is 44.8 Å². The van der Waals surface area contributed by atoms with Gasteiger partial charge < -0.3 is 15.0 Å². The van der Waals surface area contributed by atoms with Crippen LogP contribution in [0.15, 0.2) is 24.3 Å². The number of hydrogen-bond acceptors (Lipinski definition) is 3. The SMILES string of the molecule is CCN(CCCCNCCOC)c1ccc(C)cc1. The molecule has 0 heterocycles. The number of benzene rings is 1. The summed E-state index contributed by atoms with van der Waals surface area (Å²) in [5.74, 6) is 0. The fraction of sp³-hybridized carbons (Fsp3) is 0.625. The van der Waals surface area contributed by atoms with E-state index >= 15 is 0 Å². The Morgan fingerprint density at radius 2 is 1.84 bits per heavy atom. The van der Waals surface area contributed by atoms with Gasteiger partial charge in [0.2, 0.25) is 0 Å². The number of ether oxygens (including phenoxy) is 1. The lowest BCUT2D eigenvalue weighted by molar-refractivity contribution is 0.199. The maximum absolute atomic E-state index is 5.00. The highest BCUT2D eigenvalue weighted by Gasteiger charge is 2.03. The van der Waals surface area contributed by atoms with Crippen molar-refractivity contribution in [2.24, 2.45) is 0 Å². The monoisotopic (exact) mass is 264 g/mol. The summed E-state index contributed by atoms with van der Waals surface area (Å²) in [6.45, 7) is 9.37. The molecule has 0 aliphatic rings. The lowest BCUT2D eigenvalue weighted by atomic mass is 10.2. The minimum atomic E-state index is 0.796. The molecule has 1 rings (SSSR count). The van der Waals surface area contributed by atoms with Gasteiger partial charge in [-0.1, -0.05) is 17.7 Å². The van der Waals surface area contributed by atoms with Crippen molar-refractivity contribution in [3.05, 3.63) is 29.8 Å². The van der Waals surface area contributed by atoms with Crippen LogP contribution in [0.2, 0.25) is 0 Å². The van der Waals surface area contributed by atoms with Crippen molar-refractivity contribution in [3.8, 4) is 0 Å². The minimum Gasteiger partial charge on any atom is -0.383 e. The molecule has 3 nitrogen and oxygen atoms in total. The molecule has 0 aromatic heterocycles. The second-order valence-corrected chi connectivity index (χ2v) is 4.87. The Balaban J connectivity index is 2.20. The molecule has 0 unspecified atom stereocenters. The van der Waals surface area contributed by atoms with Crippen LogP contribution in [0.4, 0.5) is 5.69 Å². The number of nitrogens with zero attached hydrogens (tertiary/aromatic N) is 1. The van der Waals surface area contributed by atoms with E-state index in [9.17, 15) is 0 Å². The van der Waals surface area contributed by atoms with Crippen LogP contribution in [0.1, 0.15) is 25.3 Å². The summed E-state index contributed by atoms with van der Waals surface area (Å²) in [5, 5.41) is 3.38. The molecule has 108 valence electrons. The fourth-order valence-corrected chi connectivity index (χ4v) is 2.08. The Morgan fingerprint density at radius 1 is 1.11 bits per heavy atom. The van der Waals surface area contributed by atoms with Crippen LogP contribution in [0.3, 0.4) is 0 Å². The van der Waals surface area contributed by atoms with Crippen molar-refractivity contribution >= 4 is 5.69 Å². The number of hydrogen-bond donors (Lipinski definition) is 1. The van der Waals surface area contributed by atoms with Gasteiger partial charge in [0.05, 0.1) is 6.61 Å². The van der Waals surface area contributed by atoms with E-state index in [-0.39, 0.29) is 0 Å². The van der Waals surface area contributed by atoms with Crippen molar-refractivity contribution in [2.45, 2.75) is 26.7 Å². The van der Waals surface area contributed by atoms with Crippen LogP contribution in [-0.2, 0) is 4.74 Å². The third-order valence-electron chi connectivity index (χ3n) is 3.30. The molecule has 3 heteroatoms. The van der Waals surface area contributed by atoms with Gasteiger partial charge in [0, 0.05) is 32.4 Å². The topological polar surface area (TPSA) is 24.5 Å². The number of methoxy groups -OCH3 is 1. The van der Waals surface area contributed by atoms with E-state index in [1.807, 2.05) is 0 Å². The Hall–Kier alpha value is -1.06. The van der Waals surface area contributed by atoms with Gasteiger partial charge in [0.25, 0.3) is 0 Å². The summed E-state index contributed by atoms with van der Waals surface area (Å²) in [4.78, 5) is 2.44. The molecule has 0 bridgehead atoms. The molecule has 0 saturated heterocycles. The first-order chi connectivity index (χ1) is 9.27. The average molecular weight is 264 g/mol. The van der Waals surface area contributed by atoms with E-state index < -0.39 is 0 Å². The van der Waals surface area contributed by atoms with Crippen LogP contribution in [0.5, 0.6) is 0 Å². The van der Waals surface area contributed by atoms with E-state index in [1.54, 1.807) is 7.11 Å². The normalized spacial score (nSPS) is 10.7. The molecule has 0 aliphatic carbocycles. The molecule has 0 fully saturated rings. The van der Waals surface area contributed by atoms with Crippen LogP contribution < -0.4 is 10.2 Å². The minimum absolute atomic E-state index is 0.796. The Labute approximate surface area is 118 Å². The second-order valence-electron chi connectivity index (χ2n) is 4.87. The van der Waals surface area contributed by atoms with E-state index in [0.29, 0.717) is 0 Å². The van der Waals surface area contributed by atoms with Gasteiger partial charge in [-0.05, 0) is 45.4 Å². The molecular weight excluding hydrogens is 236 g/mol. The van der Waals surface area contributed by atoms with Crippen LogP contribution in [-0.4, -0.2) is 39.9 Å². The number of aryl methyl sites for hydroxylation is 1. The maximum atomic E-state index is 5.00. The first kappa shape index (κ1) is 16.0. The zero-order valence-electron chi connectivity index (χ0n) is 12.6. The molecule has 0 amide bonds. The molecular formula is C16H28N2O. The first-order valence-corrected chi connectivity index (χ1v) is 7.29. The molecule has 0 atom stereocenters. The first-order valence-electron chi connectivity index (χ1n) is 7.29. The standard InChI is InChI=1S/C16H28N2O/c1-4-18(16-9-7-15(2)8-10-16)13-6-5-11-17-12-14-19-3/h7-10,17H,4-6,11-14H2,1-3H3. The van der Waals surface area contributed by atoms with Gasteiger partial charge in [-0.3, -0.25) is 0 Å². The smallest absolute Gasteiger partial charge is 0.0587 e. The van der Waals surface area contributed by atoms with Gasteiger partial charge in [-0.15, -0.1) is 0 Å². The largest absolute Gasteiger partial charge is 0.383 e. The number of anilines is 1. The summed E-state index contributed by atoms with van der Waals surface area (Å²) in [6.07, 6.45) is 2.44. The van der Waals surface area contributed by atoms with E-state index in [0.717, 1.165) is 32.8 Å². The second kappa shape index (κ2) is 9.82. The lowest BCUT2D eigenvalue weighted by Gasteiger charge is -2.23. The predicted octanol–water partition coefficient (Wildman–Crippen LogP) is 2.84. The fourth-order valence-electron chi connectivity index (χ4n) is 2.08. The summed E-state index contributed by atoms with van der Waals surface area (Å²) in [7, 11) is 1.74. The third kappa shape index (κ3) is 6.60. The molecule has 0 aliphatic heterocycles. The molecule has 0 saturated carbocycles. The van der Waals surface area contributed by atoms with Gasteiger partial charge >= 0.3 is 0 Å². The average Bonchev–Trinajstić information content (AvgIpc) is 2.43. The summed E-state index contributed by atoms with van der Waals surface area (Å²) in [6, 6.07) is 8.81. The Morgan fingerprint density at radius 3 is 2.47 bits per heavy atom. The van der Waals surface area contributed by atoms with Gasteiger partial charge in [-0.25, -0.2) is 0 Å². The molecule has 1 aromatic carbocycles. The molecule has 19 heavy (non-hydrogen) atoms. The summed E-state index contributed by atoms with van der Waals surface area (Å²) in [5.41, 5.74) is 2.66. The highest BCUT2D eigenvalue weighted by Crippen LogP contribution is 2.15. The molecule has 1 N–H and O–H groups in total. The predicted molar refractivity (Wildman–Crippen MR) is 83.0 cm³/mol. The highest BCUT2D eigenvalue weighted by atomic mass is 16.5. The quantitative estimate of drug-likeness (QED) is 0.658. The number of nitrogens with one attached hydrogen (secondary N) is 1. The van der Waals surface area contributed by atoms with Crippen LogP contribution in [0, 0.1) is 6.92 Å². The van der Waals surface area contributed by atoms with Crippen molar-refractivity contribution in [1.82, 2.24) is 5.32 Å². The van der Waals surface area contributed by atoms with Crippen molar-refractivity contribution < 1.29 is 4.74 Å². The van der Waals surface area contributed by atoms with Crippen molar-refractivity contribution in [1.29, 1.82) is 0 Å². The van der Waals surface area contributed by atoms with Crippen LogP contribution in [0.25, 0.3) is 0 Å². The molecule has 0 radical (unpaired) electrons. The highest BCUT2D eigenvalue weighted by molar-refractivity contribution is 5.47. The Kier molecular flexibility index (Phi) is 8.26. The van der Waals surface area contributed by atoms with E-state index in [2.05, 4.69) is 48.3 Å². The Bertz CT molecular complexity index is 324. The van der Waals surface area contributed by atoms with E-state index in [1.165, 1.54) is 24.1 Å². The number of unbranched alkanes of at least 4 members (excludes halogenated alkanes) is 1. The molecule has 1 aromatic rings. The zero-order chi connectivity index (χ0) is 13.9. The van der Waals surface area contributed by atoms with Gasteiger partial charge in [0.15, 0.2) is 0 Å². The van der Waals surface area contributed by atoms with Gasteiger partial charge in [0.1, 0.15) is 0 Å². The summed E-state index contributed by atoms with van der Waals surface area (Å²) >= 11 is 0. The number of rotatable bonds is 10. The van der Waals surface area contributed by atoms with Crippen LogP contribution >= 0.6 is 0 Å². The van der Waals surface area contributed by atoms with Crippen molar-refractivity contribution in [3.63, 3.8) is 0 Å².